The van der Waals surface area contributed by atoms with Crippen molar-refractivity contribution < 1.29 is 28.6 Å². The number of hydrogen-bond donors (Lipinski definition) is 0. The van der Waals surface area contributed by atoms with Crippen molar-refractivity contribution in [2.75, 3.05) is 53.5 Å². The number of esters is 3. The molecule has 8 nitrogen and oxygen atoms in total. The molecular weight excluding hydrogens is 713 g/mol. The molecule has 0 saturated carbocycles. The monoisotopic (exact) mass is 809 g/mol. The fraction of sp³-hybridized carbons (Fsp3) is 0.939. The molecular formula is C49H96N2O6. The van der Waals surface area contributed by atoms with E-state index in [1.165, 1.54) is 109 Å². The molecule has 0 fully saturated rings. The average Bonchev–Trinajstić information content (AvgIpc) is 3.19. The summed E-state index contributed by atoms with van der Waals surface area (Å²) in [6.07, 6.45) is 38.2. The van der Waals surface area contributed by atoms with Crippen molar-refractivity contribution in [2.24, 2.45) is 0 Å². The summed E-state index contributed by atoms with van der Waals surface area (Å²) in [5.74, 6) is -0.167. The lowest BCUT2D eigenvalue weighted by Crippen LogP contribution is -2.31. The molecule has 0 N–H and O–H groups in total. The van der Waals surface area contributed by atoms with Gasteiger partial charge in [-0.1, -0.05) is 162 Å². The molecule has 0 aromatic heterocycles. The van der Waals surface area contributed by atoms with E-state index in [0.717, 1.165) is 110 Å². The van der Waals surface area contributed by atoms with Crippen molar-refractivity contribution >= 4 is 17.9 Å². The third-order valence-corrected chi connectivity index (χ3v) is 11.2. The van der Waals surface area contributed by atoms with Crippen LogP contribution < -0.4 is 0 Å². The van der Waals surface area contributed by atoms with Crippen LogP contribution in [0.25, 0.3) is 0 Å². The molecule has 0 amide bonds. The number of rotatable bonds is 45. The maximum absolute atomic E-state index is 12.8. The highest BCUT2D eigenvalue weighted by Crippen LogP contribution is 2.19. The van der Waals surface area contributed by atoms with Gasteiger partial charge in [-0.25, -0.2) is 0 Å². The number of hydrogen-bond acceptors (Lipinski definition) is 8. The van der Waals surface area contributed by atoms with Gasteiger partial charge in [0.2, 0.25) is 0 Å². The molecule has 0 spiro atoms. The predicted octanol–water partition coefficient (Wildman–Crippen LogP) is 13.2. The molecule has 0 unspecified atom stereocenters. The molecule has 57 heavy (non-hydrogen) atoms. The van der Waals surface area contributed by atoms with Crippen LogP contribution in [-0.2, 0) is 28.6 Å². The molecule has 8 heteroatoms. The smallest absolute Gasteiger partial charge is 0.307 e. The Morgan fingerprint density at radius 1 is 0.386 bits per heavy atom. The number of carbonyl (C=O) groups excluding carboxylic acids is 3. The Hall–Kier alpha value is -1.67. The second kappa shape index (κ2) is 43.9. The van der Waals surface area contributed by atoms with Crippen LogP contribution in [0.2, 0.25) is 0 Å². The molecule has 338 valence electrons. The van der Waals surface area contributed by atoms with Crippen LogP contribution >= 0.6 is 0 Å². The van der Waals surface area contributed by atoms with Crippen LogP contribution in [0.5, 0.6) is 0 Å². The van der Waals surface area contributed by atoms with E-state index in [9.17, 15) is 14.4 Å². The third kappa shape index (κ3) is 42.3. The summed E-state index contributed by atoms with van der Waals surface area (Å²) in [6.45, 7) is 11.2. The van der Waals surface area contributed by atoms with E-state index in [4.69, 9.17) is 14.2 Å². The van der Waals surface area contributed by atoms with Gasteiger partial charge in [0, 0.05) is 25.9 Å². The van der Waals surface area contributed by atoms with Gasteiger partial charge in [0.15, 0.2) is 0 Å². The van der Waals surface area contributed by atoms with Gasteiger partial charge in [0.1, 0.15) is 12.7 Å². The number of ether oxygens (including phenoxy) is 3. The molecule has 0 heterocycles. The highest BCUT2D eigenvalue weighted by Gasteiger charge is 2.15. The van der Waals surface area contributed by atoms with E-state index in [1.807, 2.05) is 19.0 Å². The molecule has 0 aliphatic heterocycles. The zero-order chi connectivity index (χ0) is 41.9. The van der Waals surface area contributed by atoms with Crippen molar-refractivity contribution in [2.45, 2.75) is 245 Å². The van der Waals surface area contributed by atoms with Crippen molar-refractivity contribution in [1.82, 2.24) is 9.80 Å². The Morgan fingerprint density at radius 2 is 0.772 bits per heavy atom. The summed E-state index contributed by atoms with van der Waals surface area (Å²) in [6, 6.07) is 0. The van der Waals surface area contributed by atoms with Crippen LogP contribution in [0, 0.1) is 0 Å². The van der Waals surface area contributed by atoms with Gasteiger partial charge in [0.05, 0.1) is 13.0 Å². The van der Waals surface area contributed by atoms with Gasteiger partial charge in [-0.05, 0) is 85.0 Å². The van der Waals surface area contributed by atoms with Gasteiger partial charge in [-0.2, -0.15) is 0 Å². The van der Waals surface area contributed by atoms with E-state index >= 15 is 0 Å². The van der Waals surface area contributed by atoms with Crippen LogP contribution in [0.15, 0.2) is 0 Å². The van der Waals surface area contributed by atoms with Crippen molar-refractivity contribution in [3.8, 4) is 0 Å². The Bertz CT molecular complexity index is 868. The Kier molecular flexibility index (Phi) is 42.6. The Morgan fingerprint density at radius 3 is 1.26 bits per heavy atom. The maximum Gasteiger partial charge on any atom is 0.307 e. The first-order chi connectivity index (χ1) is 27.8. The minimum Gasteiger partial charge on any atom is -0.466 e. The minimum atomic E-state index is -0.126. The Balaban J connectivity index is 4.40. The highest BCUT2D eigenvalue weighted by molar-refractivity contribution is 5.70. The summed E-state index contributed by atoms with van der Waals surface area (Å²) < 4.78 is 17.1. The number of nitrogens with zero attached hydrogens (tertiary/aromatic N) is 2. The second-order valence-corrected chi connectivity index (χ2v) is 17.2. The molecule has 0 bridgehead atoms. The largest absolute Gasteiger partial charge is 0.466 e. The molecule has 0 aromatic carbocycles. The lowest BCUT2D eigenvalue weighted by Gasteiger charge is -2.22. The zero-order valence-electron chi connectivity index (χ0n) is 38.7. The average molecular weight is 809 g/mol. The van der Waals surface area contributed by atoms with Gasteiger partial charge < -0.3 is 19.1 Å². The predicted molar refractivity (Wildman–Crippen MR) is 241 cm³/mol. The summed E-state index contributed by atoms with van der Waals surface area (Å²) in [5, 5.41) is 0. The number of unbranched alkanes of at least 4 members (excludes halogenated alkanes) is 24. The molecule has 0 aliphatic rings. The molecule has 0 rings (SSSR count). The maximum atomic E-state index is 12.8. The first-order valence-electron chi connectivity index (χ1n) is 24.7. The van der Waals surface area contributed by atoms with Crippen LogP contribution in [0.4, 0.5) is 0 Å². The fourth-order valence-electron chi connectivity index (χ4n) is 7.41. The summed E-state index contributed by atoms with van der Waals surface area (Å²) >= 11 is 0. The first-order valence-corrected chi connectivity index (χ1v) is 24.7. The van der Waals surface area contributed by atoms with Crippen LogP contribution in [-0.4, -0.2) is 87.3 Å². The van der Waals surface area contributed by atoms with Gasteiger partial charge in [-0.15, -0.1) is 0 Å². The lowest BCUT2D eigenvalue weighted by molar-refractivity contribution is -0.150. The molecule has 0 atom stereocenters. The minimum absolute atomic E-state index is 0.00186. The SMILES string of the molecule is CCCCCCCCCOC(=O)CCCCCCCN(CCCCCCCC(=O)OC(CCCCCCCC)CCCCCCCC)CCOC(=O)CCN(C)C. The Labute approximate surface area is 354 Å². The van der Waals surface area contributed by atoms with Gasteiger partial charge in [-0.3, -0.25) is 19.3 Å². The van der Waals surface area contributed by atoms with Gasteiger partial charge in [0.25, 0.3) is 0 Å². The molecule has 0 aromatic rings. The first kappa shape index (κ1) is 55.3. The molecule has 0 saturated heterocycles. The summed E-state index contributed by atoms with van der Waals surface area (Å²) in [5.41, 5.74) is 0. The van der Waals surface area contributed by atoms with Crippen LogP contribution in [0.3, 0.4) is 0 Å². The van der Waals surface area contributed by atoms with Gasteiger partial charge >= 0.3 is 17.9 Å². The standard InChI is InChI=1S/C49H96N2O6/c1-6-9-12-15-18-27-34-44-55-47(52)37-30-23-19-25-32-40-51(43-45-56-48(53)39-42-50(4)5)41-33-26-20-24-31-38-49(54)57-46(35-28-21-16-13-10-7-2)36-29-22-17-14-11-8-3/h46H,6-45H2,1-5H3. The molecule has 0 aliphatic carbocycles. The zero-order valence-corrected chi connectivity index (χ0v) is 38.7. The summed E-state index contributed by atoms with van der Waals surface area (Å²) in [7, 11) is 3.94. The third-order valence-electron chi connectivity index (χ3n) is 11.2. The van der Waals surface area contributed by atoms with Crippen molar-refractivity contribution in [3.05, 3.63) is 0 Å². The quantitative estimate of drug-likeness (QED) is 0.0342. The van der Waals surface area contributed by atoms with E-state index in [0.29, 0.717) is 39.0 Å². The van der Waals surface area contributed by atoms with E-state index < -0.39 is 0 Å². The van der Waals surface area contributed by atoms with Crippen molar-refractivity contribution in [1.29, 1.82) is 0 Å². The second-order valence-electron chi connectivity index (χ2n) is 17.2. The summed E-state index contributed by atoms with van der Waals surface area (Å²) in [4.78, 5) is 41.6. The van der Waals surface area contributed by atoms with E-state index in [2.05, 4.69) is 25.7 Å². The normalized spacial score (nSPS) is 11.6. The lowest BCUT2D eigenvalue weighted by atomic mass is 10.0. The van der Waals surface area contributed by atoms with Crippen LogP contribution in [0.1, 0.15) is 239 Å². The van der Waals surface area contributed by atoms with E-state index in [1.54, 1.807) is 0 Å². The number of carbonyl (C=O) groups is 3. The molecule has 0 radical (unpaired) electrons. The fourth-order valence-corrected chi connectivity index (χ4v) is 7.41. The van der Waals surface area contributed by atoms with Crippen molar-refractivity contribution in [3.63, 3.8) is 0 Å². The topological polar surface area (TPSA) is 85.4 Å². The van der Waals surface area contributed by atoms with E-state index in [-0.39, 0.29) is 24.0 Å². The highest BCUT2D eigenvalue weighted by atomic mass is 16.5.